The molecule has 2 aromatic carbocycles. The molecule has 1 N–H and O–H groups in total. The van der Waals surface area contributed by atoms with Crippen molar-refractivity contribution in [1.82, 2.24) is 5.32 Å². The Bertz CT molecular complexity index is 918. The number of aryl methyl sites for hydroxylation is 1. The van der Waals surface area contributed by atoms with Crippen molar-refractivity contribution in [3.63, 3.8) is 0 Å². The average Bonchev–Trinajstić information content (AvgIpc) is 2.69. The summed E-state index contributed by atoms with van der Waals surface area (Å²) >= 11 is 6.12. The maximum atomic E-state index is 12.2. The molecule has 0 aromatic heterocycles. The predicted octanol–water partition coefficient (Wildman–Crippen LogP) is 3.64. The molecule has 6 nitrogen and oxygen atoms in total. The van der Waals surface area contributed by atoms with E-state index in [1.54, 1.807) is 24.3 Å². The lowest BCUT2D eigenvalue weighted by Crippen LogP contribution is -2.32. The molecule has 29 heavy (non-hydrogen) atoms. The van der Waals surface area contributed by atoms with Crippen LogP contribution in [0.3, 0.4) is 0 Å². The molecule has 0 fully saturated rings. The molecule has 0 spiro atoms. The third-order valence-corrected chi connectivity index (χ3v) is 5.97. The number of hydrogen-bond donors (Lipinski definition) is 1. The predicted molar refractivity (Wildman–Crippen MR) is 117 cm³/mol. The topological polar surface area (TPSA) is 75.7 Å². The zero-order chi connectivity index (χ0) is 21.3. The van der Waals surface area contributed by atoms with Crippen molar-refractivity contribution in [2.45, 2.75) is 25.7 Å². The third kappa shape index (κ3) is 7.59. The first-order chi connectivity index (χ1) is 13.8. The minimum absolute atomic E-state index is 0.0942. The zero-order valence-corrected chi connectivity index (χ0v) is 18.3. The Hall–Kier alpha value is -2.25. The van der Waals surface area contributed by atoms with Gasteiger partial charge in [0.05, 0.1) is 19.1 Å². The molecule has 2 rings (SSSR count). The number of halogens is 1. The van der Waals surface area contributed by atoms with Gasteiger partial charge < -0.3 is 10.1 Å². The summed E-state index contributed by atoms with van der Waals surface area (Å²) in [4.78, 5) is 12.1. The molecular weight excluding hydrogens is 412 g/mol. The number of anilines is 1. The minimum atomic E-state index is -3.46. The highest BCUT2D eigenvalue weighted by molar-refractivity contribution is 7.92. The van der Waals surface area contributed by atoms with Crippen molar-refractivity contribution in [2.24, 2.45) is 0 Å². The Morgan fingerprint density at radius 2 is 1.90 bits per heavy atom. The van der Waals surface area contributed by atoms with Gasteiger partial charge in [0.1, 0.15) is 5.75 Å². The van der Waals surface area contributed by atoms with Gasteiger partial charge in [-0.05, 0) is 43.0 Å². The summed E-state index contributed by atoms with van der Waals surface area (Å²) in [6.45, 7) is 0.773. The Morgan fingerprint density at radius 3 is 2.59 bits per heavy atom. The number of nitrogens with zero attached hydrogens (tertiary/aromatic N) is 1. The van der Waals surface area contributed by atoms with Crippen molar-refractivity contribution < 1.29 is 17.9 Å². The lowest BCUT2D eigenvalue weighted by molar-refractivity contribution is -0.121. The Morgan fingerprint density at radius 1 is 1.14 bits per heavy atom. The first-order valence-electron chi connectivity index (χ1n) is 9.43. The van der Waals surface area contributed by atoms with Crippen LogP contribution in [0.25, 0.3) is 0 Å². The van der Waals surface area contributed by atoms with Crippen molar-refractivity contribution >= 4 is 33.2 Å². The van der Waals surface area contributed by atoms with E-state index in [1.807, 2.05) is 24.3 Å². The fraction of sp³-hybridized carbons (Fsp3) is 0.381. The Labute approximate surface area is 177 Å². The van der Waals surface area contributed by atoms with E-state index in [2.05, 4.69) is 5.32 Å². The van der Waals surface area contributed by atoms with Crippen LogP contribution in [0.4, 0.5) is 5.69 Å². The summed E-state index contributed by atoms with van der Waals surface area (Å²) in [5.41, 5.74) is 1.58. The number of benzene rings is 2. The number of hydrogen-bond acceptors (Lipinski definition) is 4. The number of nitrogens with one attached hydrogen (secondary N) is 1. The van der Waals surface area contributed by atoms with Crippen LogP contribution >= 0.6 is 11.6 Å². The summed E-state index contributed by atoms with van der Waals surface area (Å²) in [5, 5.41) is 3.61. The molecule has 2 aromatic rings. The molecule has 0 bridgehead atoms. The molecule has 0 aliphatic carbocycles. The van der Waals surface area contributed by atoms with Crippen LogP contribution in [0, 0.1) is 0 Å². The van der Waals surface area contributed by atoms with E-state index in [1.165, 1.54) is 11.4 Å². The van der Waals surface area contributed by atoms with Crippen LogP contribution < -0.4 is 14.4 Å². The lowest BCUT2D eigenvalue weighted by atomic mass is 10.1. The van der Waals surface area contributed by atoms with E-state index in [0.29, 0.717) is 24.4 Å². The largest absolute Gasteiger partial charge is 0.497 e. The Balaban J connectivity index is 1.78. The molecule has 0 unspecified atom stereocenters. The van der Waals surface area contributed by atoms with E-state index in [4.69, 9.17) is 16.3 Å². The second-order valence-electron chi connectivity index (χ2n) is 6.69. The smallest absolute Gasteiger partial charge is 0.232 e. The number of methoxy groups -OCH3 is 1. The number of rotatable bonds is 11. The highest BCUT2D eigenvalue weighted by Crippen LogP contribution is 2.23. The fourth-order valence-corrected chi connectivity index (χ4v) is 4.12. The SMILES string of the molecule is COc1cccc(N(CCCC(=O)NCCCc2ccccc2Cl)S(C)(=O)=O)c1. The standard InChI is InChI=1S/C21H27ClN2O4S/c1-28-19-11-5-10-18(16-19)24(29(2,26)27)15-7-13-21(25)23-14-6-9-17-8-3-4-12-20(17)22/h3-5,8,10-12,16H,6-7,9,13-15H2,1-2H3,(H,23,25). The van der Waals surface area contributed by atoms with Crippen LogP contribution in [0.2, 0.25) is 5.02 Å². The fourth-order valence-electron chi connectivity index (χ4n) is 2.93. The average molecular weight is 439 g/mol. The minimum Gasteiger partial charge on any atom is -0.497 e. The summed E-state index contributed by atoms with van der Waals surface area (Å²) in [6.07, 6.45) is 3.40. The molecule has 8 heteroatoms. The number of carbonyl (C=O) groups excluding carboxylic acids is 1. The first kappa shape index (κ1) is 23.0. The molecule has 0 atom stereocenters. The Kier molecular flexibility index (Phi) is 8.79. The van der Waals surface area contributed by atoms with E-state index < -0.39 is 10.0 Å². The van der Waals surface area contributed by atoms with Gasteiger partial charge in [-0.2, -0.15) is 0 Å². The summed E-state index contributed by atoms with van der Waals surface area (Å²) in [6, 6.07) is 14.5. The zero-order valence-electron chi connectivity index (χ0n) is 16.7. The number of sulfonamides is 1. The van der Waals surface area contributed by atoms with Gasteiger partial charge in [0.15, 0.2) is 0 Å². The van der Waals surface area contributed by atoms with Crippen molar-refractivity contribution in [3.05, 3.63) is 59.1 Å². The maximum absolute atomic E-state index is 12.2. The van der Waals surface area contributed by atoms with Gasteiger partial charge in [0.25, 0.3) is 0 Å². The molecule has 0 aliphatic heterocycles. The highest BCUT2D eigenvalue weighted by Gasteiger charge is 2.18. The summed E-state index contributed by atoms with van der Waals surface area (Å²) in [5.74, 6) is 0.482. The van der Waals surface area contributed by atoms with Crippen LogP contribution in [0.5, 0.6) is 5.75 Å². The van der Waals surface area contributed by atoms with Crippen LogP contribution in [-0.4, -0.2) is 40.8 Å². The molecular formula is C21H27ClN2O4S. The molecule has 0 saturated carbocycles. The van der Waals surface area contributed by atoms with Gasteiger partial charge in [-0.25, -0.2) is 8.42 Å². The van der Waals surface area contributed by atoms with E-state index in [-0.39, 0.29) is 18.9 Å². The van der Waals surface area contributed by atoms with Gasteiger partial charge in [-0.3, -0.25) is 9.10 Å². The number of carbonyl (C=O) groups is 1. The van der Waals surface area contributed by atoms with Gasteiger partial charge in [-0.1, -0.05) is 35.9 Å². The molecule has 0 heterocycles. The van der Waals surface area contributed by atoms with E-state index in [0.717, 1.165) is 29.7 Å². The molecule has 158 valence electrons. The number of ether oxygens (including phenoxy) is 1. The molecule has 1 amide bonds. The third-order valence-electron chi connectivity index (χ3n) is 4.41. The van der Waals surface area contributed by atoms with Gasteiger partial charge in [-0.15, -0.1) is 0 Å². The van der Waals surface area contributed by atoms with Crippen LogP contribution in [0.15, 0.2) is 48.5 Å². The van der Waals surface area contributed by atoms with E-state index in [9.17, 15) is 13.2 Å². The van der Waals surface area contributed by atoms with Gasteiger partial charge in [0, 0.05) is 30.6 Å². The van der Waals surface area contributed by atoms with Crippen molar-refractivity contribution in [1.29, 1.82) is 0 Å². The highest BCUT2D eigenvalue weighted by atomic mass is 35.5. The van der Waals surface area contributed by atoms with Gasteiger partial charge >= 0.3 is 0 Å². The van der Waals surface area contributed by atoms with Crippen molar-refractivity contribution in [2.75, 3.05) is 30.8 Å². The lowest BCUT2D eigenvalue weighted by Gasteiger charge is -2.22. The van der Waals surface area contributed by atoms with Crippen LogP contribution in [-0.2, 0) is 21.2 Å². The summed E-state index contributed by atoms with van der Waals surface area (Å²) < 4.78 is 30.8. The summed E-state index contributed by atoms with van der Waals surface area (Å²) in [7, 11) is -1.94. The van der Waals surface area contributed by atoms with E-state index >= 15 is 0 Å². The second kappa shape index (κ2) is 11.1. The monoisotopic (exact) mass is 438 g/mol. The molecule has 0 radical (unpaired) electrons. The maximum Gasteiger partial charge on any atom is 0.232 e. The van der Waals surface area contributed by atoms with Crippen molar-refractivity contribution in [3.8, 4) is 5.75 Å². The van der Waals surface area contributed by atoms with Gasteiger partial charge in [0.2, 0.25) is 15.9 Å². The quantitative estimate of drug-likeness (QED) is 0.543. The molecule has 0 saturated heterocycles. The first-order valence-corrected chi connectivity index (χ1v) is 11.7. The number of amides is 1. The van der Waals surface area contributed by atoms with Crippen LogP contribution in [0.1, 0.15) is 24.8 Å². The second-order valence-corrected chi connectivity index (χ2v) is 9.00. The normalized spacial score (nSPS) is 11.1. The molecule has 0 aliphatic rings.